The van der Waals surface area contributed by atoms with Crippen LogP contribution >= 0.6 is 11.8 Å². The Balaban J connectivity index is 1.90. The van der Waals surface area contributed by atoms with Crippen LogP contribution in [-0.4, -0.2) is 37.9 Å². The molecule has 1 aromatic heterocycles. The molecule has 3 rings (SSSR count). The number of anilines is 1. The smallest absolute Gasteiger partial charge is 0.304 e. The van der Waals surface area contributed by atoms with Gasteiger partial charge in [0.1, 0.15) is 0 Å². The van der Waals surface area contributed by atoms with E-state index in [2.05, 4.69) is 9.71 Å². The minimum Gasteiger partial charge on any atom is -0.304 e. The van der Waals surface area contributed by atoms with Crippen LogP contribution in [0.1, 0.15) is 5.69 Å². The van der Waals surface area contributed by atoms with Gasteiger partial charge in [0.15, 0.2) is 0 Å². The van der Waals surface area contributed by atoms with Gasteiger partial charge in [-0.25, -0.2) is 13.4 Å². The van der Waals surface area contributed by atoms with E-state index in [0.717, 1.165) is 35.3 Å². The second-order valence-electron chi connectivity index (χ2n) is 6.54. The molecule has 10 heteroatoms. The lowest BCUT2D eigenvalue weighted by Crippen LogP contribution is -2.14. The van der Waals surface area contributed by atoms with Gasteiger partial charge >= 0.3 is 5.51 Å². The molecule has 29 heavy (non-hydrogen) atoms. The first-order valence-electron chi connectivity index (χ1n) is 8.45. The maximum Gasteiger partial charge on any atom is 0.446 e. The molecule has 0 saturated heterocycles. The molecule has 0 saturated carbocycles. The minimum absolute atomic E-state index is 0.0865. The van der Waals surface area contributed by atoms with Gasteiger partial charge in [0, 0.05) is 16.8 Å². The number of nitrogens with zero attached hydrogens (tertiary/aromatic N) is 2. The van der Waals surface area contributed by atoms with Crippen LogP contribution in [0.5, 0.6) is 0 Å². The SMILES string of the molecule is CN(C)Cc1ccc2cccc(NS(=O)(=O)c3ccc(SC(F)(F)F)cc3)c2n1. The summed E-state index contributed by atoms with van der Waals surface area (Å²) in [4.78, 5) is 6.28. The summed E-state index contributed by atoms with van der Waals surface area (Å²) < 4.78 is 65.3. The second kappa shape index (κ2) is 8.21. The lowest BCUT2D eigenvalue weighted by molar-refractivity contribution is -0.0328. The summed E-state index contributed by atoms with van der Waals surface area (Å²) in [7, 11) is -0.184. The number of fused-ring (bicyclic) bond motifs is 1. The van der Waals surface area contributed by atoms with Crippen LogP contribution in [0, 0.1) is 0 Å². The Morgan fingerprint density at radius 1 is 1.03 bits per heavy atom. The highest BCUT2D eigenvalue weighted by Crippen LogP contribution is 2.37. The van der Waals surface area contributed by atoms with E-state index in [-0.39, 0.29) is 21.6 Å². The molecule has 2 aromatic carbocycles. The number of sulfonamides is 1. The summed E-state index contributed by atoms with van der Waals surface area (Å²) in [6.07, 6.45) is 0. The number of thioether (sulfide) groups is 1. The van der Waals surface area contributed by atoms with Gasteiger partial charge in [-0.2, -0.15) is 13.2 Å². The standard InChI is InChI=1S/C19H18F3N3O2S2/c1-25(2)12-14-7-6-13-4-3-5-17(18(13)23-14)24-29(26,27)16-10-8-15(9-11-16)28-19(20,21)22/h3-11,24H,12H2,1-2H3. The largest absolute Gasteiger partial charge is 0.446 e. The van der Waals surface area contributed by atoms with E-state index in [1.807, 2.05) is 37.2 Å². The molecule has 1 N–H and O–H groups in total. The average Bonchev–Trinajstić information content (AvgIpc) is 2.60. The van der Waals surface area contributed by atoms with Crippen molar-refractivity contribution in [3.63, 3.8) is 0 Å². The maximum atomic E-state index is 12.7. The van der Waals surface area contributed by atoms with Gasteiger partial charge < -0.3 is 4.90 Å². The van der Waals surface area contributed by atoms with E-state index in [1.54, 1.807) is 12.1 Å². The van der Waals surface area contributed by atoms with Crippen molar-refractivity contribution < 1.29 is 21.6 Å². The summed E-state index contributed by atoms with van der Waals surface area (Å²) in [6.45, 7) is 0.593. The van der Waals surface area contributed by atoms with Gasteiger partial charge in [0.25, 0.3) is 10.0 Å². The third kappa shape index (κ3) is 5.62. The Bertz CT molecular complexity index is 1120. The molecule has 0 aliphatic heterocycles. The third-order valence-corrected chi connectivity index (χ3v) is 5.99. The number of pyridine rings is 1. The molecular formula is C19H18F3N3O2S2. The molecule has 0 aliphatic carbocycles. The van der Waals surface area contributed by atoms with Crippen LogP contribution in [0.2, 0.25) is 0 Å². The lowest BCUT2D eigenvalue weighted by Gasteiger charge is -2.13. The van der Waals surface area contributed by atoms with Crippen molar-refractivity contribution in [3.8, 4) is 0 Å². The molecule has 0 atom stereocenters. The zero-order valence-electron chi connectivity index (χ0n) is 15.6. The van der Waals surface area contributed by atoms with E-state index in [4.69, 9.17) is 0 Å². The predicted octanol–water partition coefficient (Wildman–Crippen LogP) is 4.71. The number of para-hydroxylation sites is 1. The minimum atomic E-state index is -4.43. The highest BCUT2D eigenvalue weighted by atomic mass is 32.2. The molecule has 0 amide bonds. The van der Waals surface area contributed by atoms with Crippen LogP contribution in [0.15, 0.2) is 64.4 Å². The summed E-state index contributed by atoms with van der Waals surface area (Å²) in [5.41, 5.74) is -2.85. The number of benzene rings is 2. The van der Waals surface area contributed by atoms with Gasteiger partial charge in [-0.05, 0) is 62.3 Å². The fourth-order valence-corrected chi connectivity index (χ4v) is 4.31. The molecule has 3 aromatic rings. The van der Waals surface area contributed by atoms with E-state index in [0.29, 0.717) is 17.7 Å². The van der Waals surface area contributed by atoms with Crippen molar-refractivity contribution in [2.75, 3.05) is 18.8 Å². The Hall–Kier alpha value is -2.30. The number of aromatic nitrogens is 1. The summed E-state index contributed by atoms with van der Waals surface area (Å²) >= 11 is -0.297. The quantitative estimate of drug-likeness (QED) is 0.562. The number of rotatable bonds is 6. The van der Waals surface area contributed by atoms with Gasteiger partial charge in [-0.1, -0.05) is 18.2 Å². The van der Waals surface area contributed by atoms with Crippen molar-refractivity contribution in [3.05, 3.63) is 60.3 Å². The zero-order chi connectivity index (χ0) is 21.2. The fraction of sp³-hybridized carbons (Fsp3) is 0.211. The Kier molecular flexibility index (Phi) is 6.06. The van der Waals surface area contributed by atoms with Crippen LogP contribution in [0.3, 0.4) is 0 Å². The van der Waals surface area contributed by atoms with Crippen LogP contribution < -0.4 is 4.72 Å². The van der Waals surface area contributed by atoms with E-state index >= 15 is 0 Å². The number of hydrogen-bond acceptors (Lipinski definition) is 5. The van der Waals surface area contributed by atoms with Gasteiger partial charge in [-0.3, -0.25) is 4.72 Å². The molecule has 1 heterocycles. The van der Waals surface area contributed by atoms with Gasteiger partial charge in [0.2, 0.25) is 0 Å². The lowest BCUT2D eigenvalue weighted by atomic mass is 10.2. The summed E-state index contributed by atoms with van der Waals surface area (Å²) in [6, 6.07) is 13.4. The van der Waals surface area contributed by atoms with Gasteiger partial charge in [0.05, 0.1) is 21.8 Å². The monoisotopic (exact) mass is 441 g/mol. The number of nitrogens with one attached hydrogen (secondary N) is 1. The fourth-order valence-electron chi connectivity index (χ4n) is 2.71. The van der Waals surface area contributed by atoms with Crippen molar-refractivity contribution in [2.45, 2.75) is 21.8 Å². The first-order valence-corrected chi connectivity index (χ1v) is 10.8. The molecule has 0 unspecified atom stereocenters. The van der Waals surface area contributed by atoms with E-state index in [1.165, 1.54) is 0 Å². The average molecular weight is 442 g/mol. The zero-order valence-corrected chi connectivity index (χ0v) is 17.2. The number of alkyl halides is 3. The molecule has 0 aliphatic rings. The highest BCUT2D eigenvalue weighted by molar-refractivity contribution is 8.00. The molecular weight excluding hydrogens is 423 g/mol. The van der Waals surface area contributed by atoms with E-state index in [9.17, 15) is 21.6 Å². The Labute approximate surface area is 171 Å². The molecule has 154 valence electrons. The van der Waals surface area contributed by atoms with Crippen molar-refractivity contribution in [1.82, 2.24) is 9.88 Å². The van der Waals surface area contributed by atoms with E-state index < -0.39 is 15.5 Å². The maximum absolute atomic E-state index is 12.7. The van der Waals surface area contributed by atoms with Crippen molar-refractivity contribution in [2.24, 2.45) is 0 Å². The molecule has 0 bridgehead atoms. The van der Waals surface area contributed by atoms with Gasteiger partial charge in [-0.15, -0.1) is 0 Å². The molecule has 5 nitrogen and oxygen atoms in total. The third-order valence-electron chi connectivity index (χ3n) is 3.87. The van der Waals surface area contributed by atoms with Crippen LogP contribution in [0.4, 0.5) is 18.9 Å². The topological polar surface area (TPSA) is 62.3 Å². The van der Waals surface area contributed by atoms with Crippen molar-refractivity contribution in [1.29, 1.82) is 0 Å². The number of halogens is 3. The molecule has 0 radical (unpaired) electrons. The van der Waals surface area contributed by atoms with Crippen LogP contribution in [0.25, 0.3) is 10.9 Å². The summed E-state index contributed by atoms with van der Waals surface area (Å²) in [5.74, 6) is 0. The predicted molar refractivity (Wildman–Crippen MR) is 108 cm³/mol. The molecule has 0 spiro atoms. The summed E-state index contributed by atoms with van der Waals surface area (Å²) in [5, 5.41) is 0.768. The van der Waals surface area contributed by atoms with Crippen molar-refractivity contribution >= 4 is 38.4 Å². The Morgan fingerprint density at radius 2 is 1.72 bits per heavy atom. The molecule has 0 fully saturated rings. The second-order valence-corrected chi connectivity index (χ2v) is 9.36. The first kappa shape index (κ1) is 21.4. The Morgan fingerprint density at radius 3 is 2.34 bits per heavy atom. The normalized spacial score (nSPS) is 12.5. The first-order chi connectivity index (χ1) is 13.5. The highest BCUT2D eigenvalue weighted by Gasteiger charge is 2.29. The number of hydrogen-bond donors (Lipinski definition) is 1. The van der Waals surface area contributed by atoms with Crippen LogP contribution in [-0.2, 0) is 16.6 Å².